The average molecular weight is 311 g/mol. The van der Waals surface area contributed by atoms with Crippen LogP contribution in [0.2, 0.25) is 0 Å². The highest BCUT2D eigenvalue weighted by Crippen LogP contribution is 2.19. The van der Waals surface area contributed by atoms with Gasteiger partial charge in [0.25, 0.3) is 0 Å². The topological polar surface area (TPSA) is 48.3 Å². The predicted molar refractivity (Wildman–Crippen MR) is 89.6 cm³/mol. The number of ketones is 1. The van der Waals surface area contributed by atoms with Crippen molar-refractivity contribution in [2.75, 3.05) is 6.61 Å². The Bertz CT molecular complexity index is 739. The van der Waals surface area contributed by atoms with Crippen LogP contribution >= 0.6 is 0 Å². The van der Waals surface area contributed by atoms with Gasteiger partial charge in [0.05, 0.1) is 12.1 Å². The number of nitrogens with zero attached hydrogens (tertiary/aromatic N) is 1. The van der Waals surface area contributed by atoms with Crippen LogP contribution in [0.3, 0.4) is 0 Å². The van der Waals surface area contributed by atoms with Gasteiger partial charge in [-0.05, 0) is 25.5 Å². The van der Waals surface area contributed by atoms with E-state index in [1.807, 2.05) is 44.2 Å². The third-order valence-corrected chi connectivity index (χ3v) is 3.74. The van der Waals surface area contributed by atoms with Crippen molar-refractivity contribution in [3.63, 3.8) is 0 Å². The number of hydrogen-bond donors (Lipinski definition) is 0. The van der Waals surface area contributed by atoms with E-state index in [2.05, 4.69) is 6.58 Å². The summed E-state index contributed by atoms with van der Waals surface area (Å²) in [5.74, 6) is -0.379. The minimum atomic E-state index is -0.333. The molecule has 0 amide bonds. The van der Waals surface area contributed by atoms with E-state index in [4.69, 9.17) is 4.74 Å². The molecule has 4 nitrogen and oxygen atoms in total. The Morgan fingerprint density at radius 3 is 2.48 bits per heavy atom. The van der Waals surface area contributed by atoms with Crippen LogP contribution in [-0.4, -0.2) is 22.9 Å². The lowest BCUT2D eigenvalue weighted by Gasteiger charge is -2.08. The number of esters is 1. The Balaban J connectivity index is 2.26. The van der Waals surface area contributed by atoms with Crippen LogP contribution in [0.15, 0.2) is 43.0 Å². The Hall–Kier alpha value is -2.62. The number of benzene rings is 1. The molecule has 0 aliphatic rings. The van der Waals surface area contributed by atoms with Gasteiger partial charge in [-0.1, -0.05) is 42.5 Å². The number of ether oxygens (including phenoxy) is 1. The largest absolute Gasteiger partial charge is 0.461 e. The van der Waals surface area contributed by atoms with E-state index in [0.717, 1.165) is 16.8 Å². The van der Waals surface area contributed by atoms with Crippen molar-refractivity contribution in [1.82, 2.24) is 4.57 Å². The lowest BCUT2D eigenvalue weighted by atomic mass is 10.0. The Morgan fingerprint density at radius 1 is 1.22 bits per heavy atom. The van der Waals surface area contributed by atoms with Gasteiger partial charge in [-0.25, -0.2) is 0 Å². The van der Waals surface area contributed by atoms with Crippen molar-refractivity contribution in [3.8, 4) is 0 Å². The second-order valence-corrected chi connectivity index (χ2v) is 5.57. The summed E-state index contributed by atoms with van der Waals surface area (Å²) < 4.78 is 6.77. The van der Waals surface area contributed by atoms with Crippen molar-refractivity contribution in [2.45, 2.75) is 20.3 Å². The highest BCUT2D eigenvalue weighted by Gasteiger charge is 2.19. The first-order chi connectivity index (χ1) is 10.9. The van der Waals surface area contributed by atoms with Gasteiger partial charge in [0.15, 0.2) is 0 Å². The van der Waals surface area contributed by atoms with Gasteiger partial charge in [0.1, 0.15) is 6.61 Å². The number of carbonyl (C=O) groups excluding carboxylic acids is 2. The van der Waals surface area contributed by atoms with Crippen molar-refractivity contribution in [2.24, 2.45) is 7.05 Å². The van der Waals surface area contributed by atoms with Crippen LogP contribution in [0.1, 0.15) is 32.9 Å². The zero-order valence-electron chi connectivity index (χ0n) is 13.8. The summed E-state index contributed by atoms with van der Waals surface area (Å²) in [6, 6.07) is 9.33. The molecular weight excluding hydrogens is 290 g/mol. The first kappa shape index (κ1) is 16.7. The Kier molecular flexibility index (Phi) is 5.16. The first-order valence-corrected chi connectivity index (χ1v) is 7.47. The average Bonchev–Trinajstić information content (AvgIpc) is 2.79. The lowest BCUT2D eigenvalue weighted by molar-refractivity contribution is -0.141. The van der Waals surface area contributed by atoms with Crippen molar-refractivity contribution < 1.29 is 14.3 Å². The standard InChI is InChI=1S/C19H21NO3/c1-5-10-23-17(21)12-16-11-14(3)18(20(16)4)19(22)15-8-6-13(2)7-9-15/h5-9,11H,1,10,12H2,2-4H3. The fourth-order valence-corrected chi connectivity index (χ4v) is 2.52. The molecule has 2 aromatic rings. The van der Waals surface area contributed by atoms with Crippen molar-refractivity contribution >= 4 is 11.8 Å². The SMILES string of the molecule is C=CCOC(=O)Cc1cc(C)c(C(=O)c2ccc(C)cc2)n1C. The molecule has 0 fully saturated rings. The maximum atomic E-state index is 12.7. The fourth-order valence-electron chi connectivity index (χ4n) is 2.52. The normalized spacial score (nSPS) is 10.4. The van der Waals surface area contributed by atoms with E-state index in [1.54, 1.807) is 11.6 Å². The van der Waals surface area contributed by atoms with Gasteiger partial charge in [-0.2, -0.15) is 0 Å². The van der Waals surface area contributed by atoms with Crippen LogP contribution in [0.25, 0.3) is 0 Å². The fraction of sp³-hybridized carbons (Fsp3) is 0.263. The van der Waals surface area contributed by atoms with Gasteiger partial charge < -0.3 is 9.30 Å². The summed E-state index contributed by atoms with van der Waals surface area (Å²) in [6.45, 7) is 7.56. The van der Waals surface area contributed by atoms with E-state index in [1.165, 1.54) is 6.08 Å². The molecule has 120 valence electrons. The van der Waals surface area contributed by atoms with Gasteiger partial charge in [0, 0.05) is 18.3 Å². The molecule has 1 aromatic heterocycles. The molecule has 0 aliphatic heterocycles. The minimum absolute atomic E-state index is 0.0456. The van der Waals surface area contributed by atoms with Crippen LogP contribution in [-0.2, 0) is 23.0 Å². The lowest BCUT2D eigenvalue weighted by Crippen LogP contribution is -2.14. The summed E-state index contributed by atoms with van der Waals surface area (Å²) in [4.78, 5) is 24.5. The molecule has 0 atom stereocenters. The van der Waals surface area contributed by atoms with Crippen LogP contribution in [0, 0.1) is 13.8 Å². The molecule has 0 spiro atoms. The van der Waals surface area contributed by atoms with Crippen LogP contribution in [0.4, 0.5) is 0 Å². The molecule has 1 heterocycles. The van der Waals surface area contributed by atoms with E-state index >= 15 is 0 Å². The predicted octanol–water partition coefficient (Wildman–Crippen LogP) is 3.14. The number of carbonyl (C=O) groups is 2. The number of aromatic nitrogens is 1. The van der Waals surface area contributed by atoms with Gasteiger partial charge >= 0.3 is 5.97 Å². The molecule has 0 radical (unpaired) electrons. The van der Waals surface area contributed by atoms with Gasteiger partial charge in [-0.3, -0.25) is 9.59 Å². The Labute approximate surface area is 136 Å². The third-order valence-electron chi connectivity index (χ3n) is 3.74. The van der Waals surface area contributed by atoms with Crippen LogP contribution in [0.5, 0.6) is 0 Å². The second-order valence-electron chi connectivity index (χ2n) is 5.57. The summed E-state index contributed by atoms with van der Waals surface area (Å²) in [5, 5.41) is 0. The Morgan fingerprint density at radius 2 is 1.87 bits per heavy atom. The van der Waals surface area contributed by atoms with E-state index in [9.17, 15) is 9.59 Å². The maximum absolute atomic E-state index is 12.7. The van der Waals surface area contributed by atoms with E-state index in [0.29, 0.717) is 11.3 Å². The van der Waals surface area contributed by atoms with Gasteiger partial charge in [0.2, 0.25) is 5.78 Å². The molecule has 0 N–H and O–H groups in total. The molecule has 0 aliphatic carbocycles. The number of aryl methyl sites for hydroxylation is 2. The summed E-state index contributed by atoms with van der Waals surface area (Å²) in [5.41, 5.74) is 3.95. The summed E-state index contributed by atoms with van der Waals surface area (Å²) in [7, 11) is 1.80. The highest BCUT2D eigenvalue weighted by atomic mass is 16.5. The second kappa shape index (κ2) is 7.09. The molecule has 23 heavy (non-hydrogen) atoms. The zero-order chi connectivity index (χ0) is 17.0. The van der Waals surface area contributed by atoms with Crippen molar-refractivity contribution in [1.29, 1.82) is 0 Å². The van der Waals surface area contributed by atoms with Gasteiger partial charge in [-0.15, -0.1) is 0 Å². The van der Waals surface area contributed by atoms with Crippen molar-refractivity contribution in [3.05, 3.63) is 71.1 Å². The van der Waals surface area contributed by atoms with Crippen LogP contribution < -0.4 is 0 Å². The zero-order valence-corrected chi connectivity index (χ0v) is 13.8. The highest BCUT2D eigenvalue weighted by molar-refractivity contribution is 6.09. The molecule has 2 rings (SSSR count). The summed E-state index contributed by atoms with van der Waals surface area (Å²) in [6.07, 6.45) is 1.66. The molecule has 0 saturated carbocycles. The molecule has 0 bridgehead atoms. The maximum Gasteiger partial charge on any atom is 0.312 e. The molecule has 4 heteroatoms. The number of rotatable bonds is 6. The third kappa shape index (κ3) is 3.77. The molecular formula is C19H21NO3. The molecule has 1 aromatic carbocycles. The smallest absolute Gasteiger partial charge is 0.312 e. The monoisotopic (exact) mass is 311 g/mol. The van der Waals surface area contributed by atoms with E-state index in [-0.39, 0.29) is 24.8 Å². The quantitative estimate of drug-likeness (QED) is 0.468. The molecule has 0 unspecified atom stereocenters. The first-order valence-electron chi connectivity index (χ1n) is 7.47. The number of hydrogen-bond acceptors (Lipinski definition) is 3. The van der Waals surface area contributed by atoms with E-state index < -0.39 is 0 Å². The minimum Gasteiger partial charge on any atom is -0.461 e. The summed E-state index contributed by atoms with van der Waals surface area (Å²) >= 11 is 0. The molecule has 0 saturated heterocycles.